The Hall–Kier alpha value is -2.79. The molecule has 2 aromatic carbocycles. The fourth-order valence-electron chi connectivity index (χ4n) is 2.42. The minimum Gasteiger partial charge on any atom is -0.477 e. The molecule has 116 valence electrons. The van der Waals surface area contributed by atoms with E-state index in [9.17, 15) is 14.7 Å². The minimum atomic E-state index is -1.27. The lowest BCUT2D eigenvalue weighted by atomic mass is 10.1. The van der Waals surface area contributed by atoms with Crippen molar-refractivity contribution in [2.75, 3.05) is 5.32 Å². The van der Waals surface area contributed by atoms with Crippen molar-refractivity contribution in [1.82, 2.24) is 4.98 Å². The zero-order chi connectivity index (χ0) is 16.4. The predicted molar refractivity (Wildman–Crippen MR) is 90.3 cm³/mol. The number of benzene rings is 2. The summed E-state index contributed by atoms with van der Waals surface area (Å²) in [5.74, 6) is -1.27. The number of fused-ring (bicyclic) bond motifs is 1. The second-order valence-corrected chi connectivity index (χ2v) is 5.47. The summed E-state index contributed by atoms with van der Waals surface area (Å²) < 4.78 is 0. The molecule has 0 unspecified atom stereocenters. The Labute approximate surface area is 136 Å². The van der Waals surface area contributed by atoms with E-state index in [-0.39, 0.29) is 5.56 Å². The molecule has 0 saturated carbocycles. The van der Waals surface area contributed by atoms with Crippen LogP contribution >= 0.6 is 11.6 Å². The monoisotopic (exact) mass is 328 g/mol. The van der Waals surface area contributed by atoms with Gasteiger partial charge in [0, 0.05) is 17.0 Å². The van der Waals surface area contributed by atoms with E-state index >= 15 is 0 Å². The van der Waals surface area contributed by atoms with Crippen LogP contribution in [0.3, 0.4) is 0 Å². The molecule has 0 fully saturated rings. The topological polar surface area (TPSA) is 82.2 Å². The van der Waals surface area contributed by atoms with Crippen molar-refractivity contribution in [2.24, 2.45) is 0 Å². The average molecular weight is 329 g/mol. The van der Waals surface area contributed by atoms with Crippen molar-refractivity contribution >= 4 is 34.2 Å². The van der Waals surface area contributed by atoms with E-state index in [1.807, 2.05) is 12.1 Å². The highest BCUT2D eigenvalue weighted by Gasteiger charge is 2.18. The lowest BCUT2D eigenvalue weighted by molar-refractivity contribution is 0.0696. The number of hydrogen-bond donors (Lipinski definition) is 3. The van der Waals surface area contributed by atoms with Gasteiger partial charge in [-0.15, -0.1) is 0 Å². The first-order valence-corrected chi connectivity index (χ1v) is 7.30. The van der Waals surface area contributed by atoms with Crippen LogP contribution in [0, 0.1) is 0 Å². The van der Waals surface area contributed by atoms with Crippen molar-refractivity contribution in [1.29, 1.82) is 0 Å². The smallest absolute Gasteiger partial charge is 0.343 e. The van der Waals surface area contributed by atoms with Gasteiger partial charge in [0.15, 0.2) is 0 Å². The molecule has 5 nitrogen and oxygen atoms in total. The fourth-order valence-corrected chi connectivity index (χ4v) is 2.55. The lowest BCUT2D eigenvalue weighted by Gasteiger charge is -2.12. The van der Waals surface area contributed by atoms with Gasteiger partial charge >= 0.3 is 5.97 Å². The van der Waals surface area contributed by atoms with Crippen LogP contribution in [0.15, 0.2) is 53.3 Å². The summed E-state index contributed by atoms with van der Waals surface area (Å²) in [5.41, 5.74) is 0.899. The third-order valence-electron chi connectivity index (χ3n) is 3.52. The molecule has 1 heterocycles. The molecule has 0 bridgehead atoms. The van der Waals surface area contributed by atoms with Gasteiger partial charge < -0.3 is 15.4 Å². The summed E-state index contributed by atoms with van der Waals surface area (Å²) in [6.07, 6.45) is 0. The number of carbonyl (C=O) groups is 1. The van der Waals surface area contributed by atoms with E-state index in [0.29, 0.717) is 28.2 Å². The first kappa shape index (κ1) is 15.1. The molecule has 0 saturated heterocycles. The summed E-state index contributed by atoms with van der Waals surface area (Å²) in [7, 11) is 0. The molecule has 0 aliphatic heterocycles. The zero-order valence-electron chi connectivity index (χ0n) is 12.0. The Morgan fingerprint density at radius 1 is 1.13 bits per heavy atom. The molecule has 1 aromatic heterocycles. The molecule has 3 N–H and O–H groups in total. The van der Waals surface area contributed by atoms with Crippen LogP contribution in [0.1, 0.15) is 15.9 Å². The molecule has 6 heteroatoms. The number of pyridine rings is 1. The van der Waals surface area contributed by atoms with Crippen LogP contribution in [-0.4, -0.2) is 16.1 Å². The second-order valence-electron chi connectivity index (χ2n) is 5.03. The number of anilines is 1. The minimum absolute atomic E-state index is 0.294. The Kier molecular flexibility index (Phi) is 4.04. The van der Waals surface area contributed by atoms with Gasteiger partial charge in [0.1, 0.15) is 5.56 Å². The summed E-state index contributed by atoms with van der Waals surface area (Å²) in [6.45, 7) is 0.380. The summed E-state index contributed by atoms with van der Waals surface area (Å²) in [4.78, 5) is 26.1. The lowest BCUT2D eigenvalue weighted by Crippen LogP contribution is -2.21. The van der Waals surface area contributed by atoms with Gasteiger partial charge in [-0.3, -0.25) is 4.79 Å². The second kappa shape index (κ2) is 6.14. The predicted octanol–water partition coefficient (Wildman–Crippen LogP) is 3.49. The number of halogens is 1. The largest absolute Gasteiger partial charge is 0.477 e. The van der Waals surface area contributed by atoms with Crippen LogP contribution in [-0.2, 0) is 6.54 Å². The van der Waals surface area contributed by atoms with Gasteiger partial charge in [-0.25, -0.2) is 4.79 Å². The van der Waals surface area contributed by atoms with Crippen LogP contribution in [0.25, 0.3) is 10.9 Å². The number of rotatable bonds is 4. The molecule has 0 aliphatic carbocycles. The number of H-pyrrole nitrogens is 1. The number of aromatic nitrogens is 1. The van der Waals surface area contributed by atoms with E-state index in [1.54, 1.807) is 36.4 Å². The molecule has 3 rings (SSSR count). The Morgan fingerprint density at radius 2 is 1.83 bits per heavy atom. The number of hydrogen-bond acceptors (Lipinski definition) is 3. The number of carboxylic acid groups (broad SMARTS) is 1. The van der Waals surface area contributed by atoms with Crippen molar-refractivity contribution in [3.8, 4) is 0 Å². The number of carboxylic acids is 1. The average Bonchev–Trinajstić information content (AvgIpc) is 2.53. The van der Waals surface area contributed by atoms with Crippen molar-refractivity contribution in [2.45, 2.75) is 6.54 Å². The Balaban J connectivity index is 2.07. The van der Waals surface area contributed by atoms with Crippen LogP contribution in [0.4, 0.5) is 5.69 Å². The van der Waals surface area contributed by atoms with Crippen molar-refractivity contribution in [3.05, 3.63) is 75.0 Å². The van der Waals surface area contributed by atoms with E-state index in [0.717, 1.165) is 5.56 Å². The van der Waals surface area contributed by atoms with Crippen LogP contribution in [0.2, 0.25) is 5.02 Å². The zero-order valence-corrected chi connectivity index (χ0v) is 12.7. The summed E-state index contributed by atoms with van der Waals surface area (Å²) in [6, 6.07) is 14.3. The molecule has 0 aliphatic rings. The van der Waals surface area contributed by atoms with Crippen molar-refractivity contribution in [3.63, 3.8) is 0 Å². The summed E-state index contributed by atoms with van der Waals surface area (Å²) >= 11 is 5.85. The normalized spacial score (nSPS) is 10.7. The standard InChI is InChI=1S/C17H13ClN2O3/c18-11-7-5-10(6-8-11)9-19-15-12-3-1-2-4-13(12)20-16(21)14(15)17(22)23/h1-8H,9H2,(H,22,23)(H2,19,20,21). The molecule has 0 spiro atoms. The van der Waals surface area contributed by atoms with Gasteiger partial charge in [0.2, 0.25) is 0 Å². The van der Waals surface area contributed by atoms with Crippen LogP contribution < -0.4 is 10.9 Å². The van der Waals surface area contributed by atoms with Gasteiger partial charge in [-0.1, -0.05) is 41.9 Å². The molecule has 3 aromatic rings. The third-order valence-corrected chi connectivity index (χ3v) is 3.77. The maximum atomic E-state index is 12.1. The van der Waals surface area contributed by atoms with Crippen molar-refractivity contribution < 1.29 is 9.90 Å². The van der Waals surface area contributed by atoms with Gasteiger partial charge in [0.05, 0.1) is 11.2 Å². The Morgan fingerprint density at radius 3 is 2.52 bits per heavy atom. The van der Waals surface area contributed by atoms with Gasteiger partial charge in [0.25, 0.3) is 5.56 Å². The molecule has 0 atom stereocenters. The summed E-state index contributed by atoms with van der Waals surface area (Å²) in [5, 5.41) is 13.7. The Bertz CT molecular complexity index is 933. The highest BCUT2D eigenvalue weighted by molar-refractivity contribution is 6.30. The molecular formula is C17H13ClN2O3. The van der Waals surface area contributed by atoms with E-state index in [2.05, 4.69) is 10.3 Å². The van der Waals surface area contributed by atoms with Gasteiger partial charge in [-0.05, 0) is 23.8 Å². The number of nitrogens with one attached hydrogen (secondary N) is 2. The van der Waals surface area contributed by atoms with E-state index in [4.69, 9.17) is 11.6 Å². The highest BCUT2D eigenvalue weighted by atomic mass is 35.5. The molecular weight excluding hydrogens is 316 g/mol. The maximum absolute atomic E-state index is 12.1. The fraction of sp³-hybridized carbons (Fsp3) is 0.0588. The maximum Gasteiger partial charge on any atom is 0.343 e. The molecule has 0 amide bonds. The van der Waals surface area contributed by atoms with E-state index < -0.39 is 11.5 Å². The number of aromatic carboxylic acids is 1. The molecule has 0 radical (unpaired) electrons. The first-order valence-electron chi connectivity index (χ1n) is 6.93. The number of para-hydroxylation sites is 1. The first-order chi connectivity index (χ1) is 11.1. The van der Waals surface area contributed by atoms with E-state index in [1.165, 1.54) is 0 Å². The highest BCUT2D eigenvalue weighted by Crippen LogP contribution is 2.24. The molecule has 23 heavy (non-hydrogen) atoms. The number of aromatic amines is 1. The van der Waals surface area contributed by atoms with Gasteiger partial charge in [-0.2, -0.15) is 0 Å². The SMILES string of the molecule is O=C(O)c1c(NCc2ccc(Cl)cc2)c2ccccc2[nH]c1=O. The quantitative estimate of drug-likeness (QED) is 0.684. The third kappa shape index (κ3) is 3.05. The van der Waals surface area contributed by atoms with Crippen LogP contribution in [0.5, 0.6) is 0 Å².